The molecule has 1 aliphatic heterocycles. The maximum Gasteiger partial charge on any atom is 0.259 e. The van der Waals surface area contributed by atoms with Gasteiger partial charge < -0.3 is 14.5 Å². The lowest BCUT2D eigenvalue weighted by molar-refractivity contribution is 0.0686. The fourth-order valence-corrected chi connectivity index (χ4v) is 2.97. The summed E-state index contributed by atoms with van der Waals surface area (Å²) in [6, 6.07) is 5.72. The van der Waals surface area contributed by atoms with Gasteiger partial charge in [-0.3, -0.25) is 4.79 Å². The third-order valence-corrected chi connectivity index (χ3v) is 4.50. The lowest BCUT2D eigenvalue weighted by atomic mass is 9.97. The first-order valence-corrected chi connectivity index (χ1v) is 8.20. The number of piperidine rings is 1. The smallest absolute Gasteiger partial charge is 0.259 e. The Morgan fingerprint density at radius 1 is 1.33 bits per heavy atom. The molecule has 1 aliphatic rings. The van der Waals surface area contributed by atoms with Crippen molar-refractivity contribution in [1.29, 1.82) is 0 Å². The number of aromatic nitrogens is 1. The van der Waals surface area contributed by atoms with E-state index in [4.69, 9.17) is 4.52 Å². The number of carbonyl (C=O) groups is 1. The molecule has 24 heavy (non-hydrogen) atoms. The molecule has 0 radical (unpaired) electrons. The van der Waals surface area contributed by atoms with E-state index in [0.717, 1.165) is 12.8 Å². The molecule has 1 aromatic carbocycles. The van der Waals surface area contributed by atoms with Crippen molar-refractivity contribution >= 4 is 5.91 Å². The molecule has 1 atom stereocenters. The molecule has 2 aromatic rings. The molecular weight excluding hydrogens is 311 g/mol. The summed E-state index contributed by atoms with van der Waals surface area (Å²) < 4.78 is 18.4. The highest BCUT2D eigenvalue weighted by atomic mass is 19.1. The summed E-state index contributed by atoms with van der Waals surface area (Å²) in [6.45, 7) is 5.05. The number of likely N-dealkylation sites (tertiary alicyclic amines) is 1. The van der Waals surface area contributed by atoms with Crippen molar-refractivity contribution in [1.82, 2.24) is 10.1 Å². The normalized spacial score (nSPS) is 17.1. The molecule has 6 heteroatoms. The van der Waals surface area contributed by atoms with Crippen molar-refractivity contribution in [3.63, 3.8) is 0 Å². The Balaban J connectivity index is 1.99. The van der Waals surface area contributed by atoms with Gasteiger partial charge in [0, 0.05) is 18.7 Å². The number of hydrogen-bond acceptors (Lipinski definition) is 4. The van der Waals surface area contributed by atoms with Crippen molar-refractivity contribution < 1.29 is 18.8 Å². The van der Waals surface area contributed by atoms with Gasteiger partial charge in [0.1, 0.15) is 23.2 Å². The van der Waals surface area contributed by atoms with Gasteiger partial charge in [-0.1, -0.05) is 12.1 Å². The average Bonchev–Trinajstić information content (AvgIpc) is 3.01. The fraction of sp³-hybridized carbons (Fsp3) is 0.444. The number of amides is 1. The molecule has 1 fully saturated rings. The van der Waals surface area contributed by atoms with Crippen molar-refractivity contribution in [3.8, 4) is 11.3 Å². The SMILES string of the molecule is CC1CCN(C(=O)c2c(-c3ccc(F)cc3)noc2C(C)O)CC1. The molecule has 1 N–H and O–H groups in total. The molecule has 128 valence electrons. The lowest BCUT2D eigenvalue weighted by Crippen LogP contribution is -2.38. The maximum absolute atomic E-state index is 13.2. The highest BCUT2D eigenvalue weighted by Crippen LogP contribution is 2.31. The molecule has 0 aliphatic carbocycles. The first-order chi connectivity index (χ1) is 11.5. The van der Waals surface area contributed by atoms with Gasteiger partial charge in [0.25, 0.3) is 5.91 Å². The molecule has 5 nitrogen and oxygen atoms in total. The Kier molecular flexibility index (Phi) is 4.66. The van der Waals surface area contributed by atoms with Gasteiger partial charge >= 0.3 is 0 Å². The summed E-state index contributed by atoms with van der Waals surface area (Å²) in [4.78, 5) is 14.8. The van der Waals surface area contributed by atoms with Gasteiger partial charge in [0.05, 0.1) is 0 Å². The molecule has 1 amide bonds. The Morgan fingerprint density at radius 3 is 2.54 bits per heavy atom. The second-order valence-corrected chi connectivity index (χ2v) is 6.43. The van der Waals surface area contributed by atoms with Gasteiger partial charge in [-0.05, 0) is 49.9 Å². The molecule has 1 unspecified atom stereocenters. The van der Waals surface area contributed by atoms with E-state index in [1.165, 1.54) is 19.1 Å². The third-order valence-electron chi connectivity index (χ3n) is 4.50. The zero-order chi connectivity index (χ0) is 17.3. The number of carbonyl (C=O) groups excluding carboxylic acids is 1. The third kappa shape index (κ3) is 3.19. The first-order valence-electron chi connectivity index (χ1n) is 8.20. The predicted molar refractivity (Wildman–Crippen MR) is 86.8 cm³/mol. The molecule has 1 aromatic heterocycles. The van der Waals surface area contributed by atoms with Crippen molar-refractivity contribution in [2.45, 2.75) is 32.8 Å². The number of halogens is 1. The monoisotopic (exact) mass is 332 g/mol. The van der Waals surface area contributed by atoms with E-state index >= 15 is 0 Å². The number of aliphatic hydroxyl groups excluding tert-OH is 1. The molecule has 0 spiro atoms. The van der Waals surface area contributed by atoms with Crippen LogP contribution in [0.4, 0.5) is 4.39 Å². The maximum atomic E-state index is 13.2. The van der Waals surface area contributed by atoms with Crippen LogP contribution in [-0.2, 0) is 0 Å². The topological polar surface area (TPSA) is 66.6 Å². The van der Waals surface area contributed by atoms with Gasteiger partial charge in [-0.2, -0.15) is 0 Å². The Morgan fingerprint density at radius 2 is 1.96 bits per heavy atom. The second kappa shape index (κ2) is 6.73. The van der Waals surface area contributed by atoms with Crippen LogP contribution in [0, 0.1) is 11.7 Å². The predicted octanol–water partition coefficient (Wildman–Crippen LogP) is 3.41. The zero-order valence-electron chi connectivity index (χ0n) is 13.8. The van der Waals surface area contributed by atoms with Crippen LogP contribution in [0.3, 0.4) is 0 Å². The first kappa shape index (κ1) is 16.6. The second-order valence-electron chi connectivity index (χ2n) is 6.43. The standard InChI is InChI=1S/C18H21FN2O3/c1-11-7-9-21(10-8-11)18(23)15-16(20-24-17(15)12(2)22)13-3-5-14(19)6-4-13/h3-6,11-12,22H,7-10H2,1-2H3. The van der Waals surface area contributed by atoms with Gasteiger partial charge in [0.15, 0.2) is 5.76 Å². The minimum Gasteiger partial charge on any atom is -0.385 e. The summed E-state index contributed by atoms with van der Waals surface area (Å²) in [6.07, 6.45) is 0.953. The van der Waals surface area contributed by atoms with Crippen LogP contribution in [0.1, 0.15) is 48.9 Å². The summed E-state index contributed by atoms with van der Waals surface area (Å²) in [7, 11) is 0. The van der Waals surface area contributed by atoms with E-state index in [0.29, 0.717) is 30.3 Å². The number of aliphatic hydroxyl groups is 1. The number of hydrogen-bond donors (Lipinski definition) is 1. The van der Waals surface area contributed by atoms with Crippen LogP contribution in [0.15, 0.2) is 28.8 Å². The van der Waals surface area contributed by atoms with Crippen LogP contribution in [-0.4, -0.2) is 34.2 Å². The fourth-order valence-electron chi connectivity index (χ4n) is 2.97. The quantitative estimate of drug-likeness (QED) is 0.935. The summed E-state index contributed by atoms with van der Waals surface area (Å²) in [5.74, 6) is 0.191. The molecule has 1 saturated heterocycles. The van der Waals surface area contributed by atoms with E-state index in [9.17, 15) is 14.3 Å². The summed E-state index contributed by atoms with van der Waals surface area (Å²) >= 11 is 0. The van der Waals surface area contributed by atoms with E-state index in [2.05, 4.69) is 12.1 Å². The summed E-state index contributed by atoms with van der Waals surface area (Å²) in [5, 5.41) is 13.9. The molecule has 0 saturated carbocycles. The van der Waals surface area contributed by atoms with Crippen LogP contribution < -0.4 is 0 Å². The summed E-state index contributed by atoms with van der Waals surface area (Å²) in [5.41, 5.74) is 1.20. The van der Waals surface area contributed by atoms with Crippen molar-refractivity contribution in [2.24, 2.45) is 5.92 Å². The highest BCUT2D eigenvalue weighted by Gasteiger charge is 2.31. The number of rotatable bonds is 3. The minimum absolute atomic E-state index is 0.151. The van der Waals surface area contributed by atoms with Crippen LogP contribution in [0.25, 0.3) is 11.3 Å². The Bertz CT molecular complexity index is 716. The van der Waals surface area contributed by atoms with Gasteiger partial charge in [-0.15, -0.1) is 0 Å². The van der Waals surface area contributed by atoms with Gasteiger partial charge in [-0.25, -0.2) is 4.39 Å². The van der Waals surface area contributed by atoms with Gasteiger partial charge in [0.2, 0.25) is 0 Å². The highest BCUT2D eigenvalue weighted by molar-refractivity contribution is 6.01. The number of benzene rings is 1. The van der Waals surface area contributed by atoms with Crippen molar-refractivity contribution in [3.05, 3.63) is 41.4 Å². The van der Waals surface area contributed by atoms with Crippen LogP contribution in [0.5, 0.6) is 0 Å². The average molecular weight is 332 g/mol. The largest absolute Gasteiger partial charge is 0.385 e. The molecule has 3 rings (SSSR count). The van der Waals surface area contributed by atoms with Crippen LogP contribution >= 0.6 is 0 Å². The minimum atomic E-state index is -0.950. The van der Waals surface area contributed by atoms with E-state index in [1.54, 1.807) is 17.0 Å². The Labute approximate surface area is 140 Å². The Hall–Kier alpha value is -2.21. The molecule has 2 heterocycles. The van der Waals surface area contributed by atoms with E-state index in [1.807, 2.05) is 0 Å². The van der Waals surface area contributed by atoms with E-state index < -0.39 is 6.10 Å². The molecular formula is C18H21FN2O3. The van der Waals surface area contributed by atoms with Crippen LogP contribution in [0.2, 0.25) is 0 Å². The van der Waals surface area contributed by atoms with Crippen molar-refractivity contribution in [2.75, 3.05) is 13.1 Å². The lowest BCUT2D eigenvalue weighted by Gasteiger charge is -2.30. The molecule has 0 bridgehead atoms. The van der Waals surface area contributed by atoms with E-state index in [-0.39, 0.29) is 23.0 Å². The number of nitrogens with zero attached hydrogens (tertiary/aromatic N) is 2. The zero-order valence-corrected chi connectivity index (χ0v) is 13.8.